The number of hydrogen-bond donors (Lipinski definition) is 1. The van der Waals surface area contributed by atoms with Gasteiger partial charge in [0.25, 0.3) is 5.69 Å². The lowest BCUT2D eigenvalue weighted by Gasteiger charge is -2.33. The van der Waals surface area contributed by atoms with Crippen LogP contribution in [0, 0.1) is 10.1 Å². The van der Waals surface area contributed by atoms with E-state index in [-0.39, 0.29) is 36.0 Å². The highest BCUT2D eigenvalue weighted by Gasteiger charge is 2.30. The molecule has 0 atom stereocenters. The lowest BCUT2D eigenvalue weighted by atomic mass is 10.1. The molecule has 0 saturated carbocycles. The van der Waals surface area contributed by atoms with Crippen LogP contribution in [0.25, 0.3) is 10.9 Å². The lowest BCUT2D eigenvalue weighted by Crippen LogP contribution is -2.49. The zero-order valence-electron chi connectivity index (χ0n) is 16.0. The number of hydrogen-bond acceptors (Lipinski definition) is 6. The summed E-state index contributed by atoms with van der Waals surface area (Å²) in [6.45, 7) is 1.44. The average molecular weight is 428 g/mol. The molecule has 0 amide bonds. The number of fused-ring (bicyclic) bond motifs is 1. The molecule has 3 aromatic rings. The second-order valence-electron chi connectivity index (χ2n) is 7.11. The van der Waals surface area contributed by atoms with Crippen molar-refractivity contribution in [2.45, 2.75) is 4.90 Å². The summed E-state index contributed by atoms with van der Waals surface area (Å²) in [5.41, 5.74) is 1.25. The van der Waals surface area contributed by atoms with Gasteiger partial charge in [-0.1, -0.05) is 24.3 Å². The minimum absolute atomic E-state index is 0.0255. The maximum Gasteiger partial charge on any atom is 0.270 e. The van der Waals surface area contributed by atoms with Crippen LogP contribution in [0.15, 0.2) is 59.6 Å². The lowest BCUT2D eigenvalue weighted by molar-refractivity contribution is -0.385. The first kappa shape index (κ1) is 20.2. The van der Waals surface area contributed by atoms with Gasteiger partial charge in [0.05, 0.1) is 16.4 Å². The highest BCUT2D eigenvalue weighted by molar-refractivity contribution is 7.89. The number of piperazine rings is 1. The number of nitro benzene ring substituents is 1. The van der Waals surface area contributed by atoms with Crippen molar-refractivity contribution in [3.63, 3.8) is 0 Å². The second kappa shape index (κ2) is 7.98. The van der Waals surface area contributed by atoms with Gasteiger partial charge in [0, 0.05) is 61.0 Å². The molecule has 1 aliphatic heterocycles. The van der Waals surface area contributed by atoms with Gasteiger partial charge in [-0.05, 0) is 12.1 Å². The number of para-hydroxylation sites is 1. The van der Waals surface area contributed by atoms with E-state index in [1.807, 2.05) is 29.2 Å². The smallest absolute Gasteiger partial charge is 0.270 e. The molecular formula is C20H20N4O5S. The number of nitrogens with one attached hydrogen (secondary N) is 1. The molecule has 9 nitrogen and oxygen atoms in total. The van der Waals surface area contributed by atoms with Crippen LogP contribution in [0.5, 0.6) is 0 Å². The third-order valence-electron chi connectivity index (χ3n) is 5.25. The van der Waals surface area contributed by atoms with Crippen molar-refractivity contribution in [3.05, 3.63) is 70.4 Å². The van der Waals surface area contributed by atoms with Crippen LogP contribution < -0.4 is 0 Å². The van der Waals surface area contributed by atoms with Crippen LogP contribution >= 0.6 is 0 Å². The molecule has 10 heteroatoms. The predicted molar refractivity (Wildman–Crippen MR) is 111 cm³/mol. The number of benzene rings is 2. The first-order chi connectivity index (χ1) is 14.4. The molecule has 0 radical (unpaired) electrons. The normalized spacial score (nSPS) is 16.0. The Morgan fingerprint density at radius 3 is 2.53 bits per heavy atom. The fourth-order valence-electron chi connectivity index (χ4n) is 3.63. The minimum Gasteiger partial charge on any atom is -0.360 e. The Morgan fingerprint density at radius 2 is 1.80 bits per heavy atom. The quantitative estimate of drug-likeness (QED) is 0.366. The number of nitrogens with zero attached hydrogens (tertiary/aromatic N) is 3. The molecule has 1 aromatic heterocycles. The standard InChI is InChI=1S/C20H20N4O5S/c25-20(18-13-21-19-7-2-1-6-17(18)19)14-22-8-10-23(11-9-22)30(28,29)16-5-3-4-15(12-16)24(26)27/h1-7,12-13,21H,8-11,14H2. The fourth-order valence-corrected chi connectivity index (χ4v) is 5.09. The molecule has 1 fully saturated rings. The Balaban J connectivity index is 1.42. The molecule has 1 saturated heterocycles. The van der Waals surface area contributed by atoms with E-state index in [9.17, 15) is 23.3 Å². The van der Waals surface area contributed by atoms with Crippen molar-refractivity contribution in [2.24, 2.45) is 0 Å². The number of sulfonamides is 1. The topological polar surface area (TPSA) is 117 Å². The minimum atomic E-state index is -3.83. The second-order valence-corrected chi connectivity index (χ2v) is 9.04. The van der Waals surface area contributed by atoms with Gasteiger partial charge in [0.15, 0.2) is 5.78 Å². The van der Waals surface area contributed by atoms with Crippen LogP contribution in [-0.4, -0.2) is 66.0 Å². The Labute approximate surface area is 173 Å². The van der Waals surface area contributed by atoms with E-state index in [1.165, 1.54) is 22.5 Å². The van der Waals surface area contributed by atoms with Crippen molar-refractivity contribution in [1.29, 1.82) is 0 Å². The average Bonchev–Trinajstić information content (AvgIpc) is 3.18. The highest BCUT2D eigenvalue weighted by atomic mass is 32.2. The predicted octanol–water partition coefficient (Wildman–Crippen LogP) is 2.27. The van der Waals surface area contributed by atoms with Gasteiger partial charge in [-0.2, -0.15) is 4.31 Å². The van der Waals surface area contributed by atoms with Crippen molar-refractivity contribution in [1.82, 2.24) is 14.2 Å². The van der Waals surface area contributed by atoms with Crippen molar-refractivity contribution in [3.8, 4) is 0 Å². The number of rotatable bonds is 6. The first-order valence-corrected chi connectivity index (χ1v) is 10.9. The number of H-pyrrole nitrogens is 1. The summed E-state index contributed by atoms with van der Waals surface area (Å²) in [5, 5.41) is 11.8. The SMILES string of the molecule is O=C(CN1CCN(S(=O)(=O)c2cccc([N+](=O)[O-])c2)CC1)c1c[nH]c2ccccc12. The number of ketones is 1. The van der Waals surface area contributed by atoms with Gasteiger partial charge in [-0.15, -0.1) is 0 Å². The molecule has 1 aliphatic rings. The van der Waals surface area contributed by atoms with Gasteiger partial charge in [0.1, 0.15) is 0 Å². The number of nitro groups is 1. The van der Waals surface area contributed by atoms with Crippen molar-refractivity contribution < 1.29 is 18.1 Å². The molecule has 0 aliphatic carbocycles. The maximum atomic E-state index is 12.8. The molecule has 156 valence electrons. The summed E-state index contributed by atoms with van der Waals surface area (Å²) < 4.78 is 27.0. The largest absolute Gasteiger partial charge is 0.360 e. The van der Waals surface area contributed by atoms with E-state index in [0.717, 1.165) is 17.0 Å². The van der Waals surface area contributed by atoms with E-state index in [0.29, 0.717) is 18.7 Å². The zero-order chi connectivity index (χ0) is 21.3. The van der Waals surface area contributed by atoms with E-state index >= 15 is 0 Å². The summed E-state index contributed by atoms with van der Waals surface area (Å²) in [4.78, 5) is 28.0. The summed E-state index contributed by atoms with van der Waals surface area (Å²) >= 11 is 0. The highest BCUT2D eigenvalue weighted by Crippen LogP contribution is 2.23. The Bertz CT molecular complexity index is 1210. The van der Waals surface area contributed by atoms with Crippen LogP contribution in [0.3, 0.4) is 0 Å². The number of non-ortho nitro benzene ring substituents is 1. The first-order valence-electron chi connectivity index (χ1n) is 9.42. The molecular weight excluding hydrogens is 408 g/mol. The van der Waals surface area contributed by atoms with E-state index in [2.05, 4.69) is 4.98 Å². The zero-order valence-corrected chi connectivity index (χ0v) is 16.8. The summed E-state index contributed by atoms with van der Waals surface area (Å²) in [6, 6.07) is 12.6. The van der Waals surface area contributed by atoms with Gasteiger partial charge < -0.3 is 4.98 Å². The monoisotopic (exact) mass is 428 g/mol. The number of aromatic nitrogens is 1. The van der Waals surface area contributed by atoms with Gasteiger partial charge in [0.2, 0.25) is 10.0 Å². The Kier molecular flexibility index (Phi) is 5.37. The van der Waals surface area contributed by atoms with E-state index in [4.69, 9.17) is 0 Å². The van der Waals surface area contributed by atoms with Crippen LogP contribution in [0.1, 0.15) is 10.4 Å². The Morgan fingerprint density at radius 1 is 1.07 bits per heavy atom. The number of Topliss-reactive ketones (excluding diaryl/α,β-unsaturated/α-hetero) is 1. The third kappa shape index (κ3) is 3.84. The van der Waals surface area contributed by atoms with E-state index < -0.39 is 14.9 Å². The molecule has 0 spiro atoms. The van der Waals surface area contributed by atoms with Gasteiger partial charge in [-0.3, -0.25) is 19.8 Å². The molecule has 1 N–H and O–H groups in total. The van der Waals surface area contributed by atoms with Gasteiger partial charge in [-0.25, -0.2) is 8.42 Å². The van der Waals surface area contributed by atoms with Crippen LogP contribution in [-0.2, 0) is 10.0 Å². The number of carbonyl (C=O) groups excluding carboxylic acids is 1. The van der Waals surface area contributed by atoms with Crippen molar-refractivity contribution in [2.75, 3.05) is 32.7 Å². The van der Waals surface area contributed by atoms with Gasteiger partial charge >= 0.3 is 0 Å². The maximum absolute atomic E-state index is 12.8. The summed E-state index contributed by atoms with van der Waals surface area (Å²) in [6.07, 6.45) is 1.70. The summed E-state index contributed by atoms with van der Waals surface area (Å²) in [5.74, 6) is -0.0255. The molecule has 30 heavy (non-hydrogen) atoms. The third-order valence-corrected chi connectivity index (χ3v) is 7.15. The van der Waals surface area contributed by atoms with Crippen molar-refractivity contribution >= 4 is 32.4 Å². The van der Waals surface area contributed by atoms with Crippen LogP contribution in [0.4, 0.5) is 5.69 Å². The fraction of sp³-hybridized carbons (Fsp3) is 0.250. The molecule has 0 unspecified atom stereocenters. The number of carbonyl (C=O) groups is 1. The van der Waals surface area contributed by atoms with Crippen LogP contribution in [0.2, 0.25) is 0 Å². The molecule has 0 bridgehead atoms. The summed E-state index contributed by atoms with van der Waals surface area (Å²) in [7, 11) is -3.83. The van der Waals surface area contributed by atoms with E-state index in [1.54, 1.807) is 6.20 Å². The molecule has 2 heterocycles. The molecule has 2 aromatic carbocycles. The Hall–Kier alpha value is -3.08. The molecule has 4 rings (SSSR count). The number of aromatic amines is 1.